The van der Waals surface area contributed by atoms with Crippen molar-refractivity contribution in [2.24, 2.45) is 5.92 Å². The van der Waals surface area contributed by atoms with Gasteiger partial charge in [0.2, 0.25) is 5.91 Å². The van der Waals surface area contributed by atoms with Crippen LogP contribution in [-0.2, 0) is 11.0 Å². The zero-order valence-electron chi connectivity index (χ0n) is 19.2. The van der Waals surface area contributed by atoms with Crippen molar-refractivity contribution in [1.82, 2.24) is 34.8 Å². The van der Waals surface area contributed by atoms with Crippen LogP contribution in [0.4, 0.5) is 19.0 Å². The van der Waals surface area contributed by atoms with Gasteiger partial charge in [0.25, 0.3) is 0 Å². The van der Waals surface area contributed by atoms with Gasteiger partial charge in [-0.3, -0.25) is 9.78 Å². The summed E-state index contributed by atoms with van der Waals surface area (Å²) in [6.07, 6.45) is 2.65. The number of nitrogen functional groups attached to an aromatic ring is 1. The summed E-state index contributed by atoms with van der Waals surface area (Å²) in [4.78, 5) is 27.2. The zero-order valence-corrected chi connectivity index (χ0v) is 19.2. The number of rotatable bonds is 4. The Bertz CT molecular complexity index is 1470. The van der Waals surface area contributed by atoms with E-state index in [-0.39, 0.29) is 17.5 Å². The standard InChI is InChI=1S/C24H23F3N8O/c25-24(26,27)16-10-14(11-30-23(16)28)17-3-4-18-21(31-17)22-19(12-29-18)32-33-35(22)15-5-7-34(8-6-15)20(36)9-13-1-2-13/h3-4,10-13,15H,1-2,5-9H2,(H2,28,30). The summed E-state index contributed by atoms with van der Waals surface area (Å²) < 4.78 is 41.9. The summed E-state index contributed by atoms with van der Waals surface area (Å²) in [5.74, 6) is 0.188. The topological polar surface area (TPSA) is 116 Å². The Hall–Kier alpha value is -3.83. The van der Waals surface area contributed by atoms with E-state index in [4.69, 9.17) is 5.73 Å². The molecule has 186 valence electrons. The highest BCUT2D eigenvalue weighted by molar-refractivity contribution is 5.99. The molecule has 0 radical (unpaired) electrons. The lowest BCUT2D eigenvalue weighted by molar-refractivity contribution is -0.137. The number of amides is 1. The molecule has 5 heterocycles. The second-order valence-corrected chi connectivity index (χ2v) is 9.50. The predicted molar refractivity (Wildman–Crippen MR) is 125 cm³/mol. The Morgan fingerprint density at radius 1 is 1.06 bits per heavy atom. The number of aromatic nitrogens is 6. The molecule has 0 atom stereocenters. The van der Waals surface area contributed by atoms with Crippen molar-refractivity contribution in [3.63, 3.8) is 0 Å². The number of halogens is 3. The lowest BCUT2D eigenvalue weighted by atomic mass is 10.0. The van der Waals surface area contributed by atoms with Gasteiger partial charge < -0.3 is 10.6 Å². The van der Waals surface area contributed by atoms with E-state index in [1.807, 2.05) is 9.58 Å². The first-order chi connectivity index (χ1) is 17.3. The normalized spacial score (nSPS) is 17.2. The van der Waals surface area contributed by atoms with Crippen LogP contribution in [-0.4, -0.2) is 53.8 Å². The molecule has 9 nitrogen and oxygen atoms in total. The highest BCUT2D eigenvalue weighted by Crippen LogP contribution is 2.36. The van der Waals surface area contributed by atoms with E-state index in [1.165, 1.54) is 6.20 Å². The van der Waals surface area contributed by atoms with E-state index in [9.17, 15) is 18.0 Å². The van der Waals surface area contributed by atoms with Crippen molar-refractivity contribution in [2.45, 2.75) is 44.3 Å². The fourth-order valence-electron chi connectivity index (χ4n) is 4.80. The molecule has 1 aliphatic carbocycles. The van der Waals surface area contributed by atoms with Gasteiger partial charge in [0.15, 0.2) is 0 Å². The zero-order chi connectivity index (χ0) is 25.0. The molecule has 1 saturated carbocycles. The van der Waals surface area contributed by atoms with E-state index < -0.39 is 17.6 Å². The van der Waals surface area contributed by atoms with Crippen LogP contribution >= 0.6 is 0 Å². The van der Waals surface area contributed by atoms with E-state index >= 15 is 0 Å². The van der Waals surface area contributed by atoms with E-state index in [1.54, 1.807) is 18.3 Å². The number of hydrogen-bond acceptors (Lipinski definition) is 7. The summed E-state index contributed by atoms with van der Waals surface area (Å²) in [5, 5.41) is 8.62. The molecule has 4 aromatic heterocycles. The van der Waals surface area contributed by atoms with Crippen LogP contribution in [0, 0.1) is 5.92 Å². The lowest BCUT2D eigenvalue weighted by Crippen LogP contribution is -2.39. The number of hydrogen-bond donors (Lipinski definition) is 1. The third-order valence-corrected chi connectivity index (χ3v) is 6.99. The maximum atomic E-state index is 13.4. The molecule has 0 bridgehead atoms. The van der Waals surface area contributed by atoms with Crippen molar-refractivity contribution >= 4 is 33.8 Å². The average Bonchev–Trinajstić information content (AvgIpc) is 3.57. The number of piperidine rings is 1. The molecule has 2 fully saturated rings. The Morgan fingerprint density at radius 2 is 1.83 bits per heavy atom. The maximum absolute atomic E-state index is 13.4. The van der Waals surface area contributed by atoms with E-state index in [0.29, 0.717) is 53.2 Å². The highest BCUT2D eigenvalue weighted by Gasteiger charge is 2.34. The summed E-state index contributed by atoms with van der Waals surface area (Å²) in [5.41, 5.74) is 7.24. The lowest BCUT2D eigenvalue weighted by Gasteiger charge is -2.32. The smallest absolute Gasteiger partial charge is 0.383 e. The second kappa shape index (κ2) is 8.38. The summed E-state index contributed by atoms with van der Waals surface area (Å²) in [7, 11) is 0. The van der Waals surface area contributed by atoms with Crippen LogP contribution in [0.15, 0.2) is 30.6 Å². The van der Waals surface area contributed by atoms with Crippen LogP contribution in [0.1, 0.15) is 43.7 Å². The fraction of sp³-hybridized carbons (Fsp3) is 0.417. The summed E-state index contributed by atoms with van der Waals surface area (Å²) in [6, 6.07) is 4.28. The van der Waals surface area contributed by atoms with Crippen molar-refractivity contribution in [2.75, 3.05) is 18.8 Å². The largest absolute Gasteiger partial charge is 0.419 e. The minimum Gasteiger partial charge on any atom is -0.383 e. The molecule has 1 aliphatic heterocycles. The molecule has 2 N–H and O–H groups in total. The van der Waals surface area contributed by atoms with Crippen LogP contribution in [0.2, 0.25) is 0 Å². The van der Waals surface area contributed by atoms with Gasteiger partial charge in [-0.1, -0.05) is 5.21 Å². The molecule has 36 heavy (non-hydrogen) atoms. The van der Waals surface area contributed by atoms with Crippen LogP contribution in [0.25, 0.3) is 33.3 Å². The van der Waals surface area contributed by atoms with Gasteiger partial charge in [-0.15, -0.1) is 5.10 Å². The van der Waals surface area contributed by atoms with Crippen LogP contribution < -0.4 is 5.73 Å². The van der Waals surface area contributed by atoms with Gasteiger partial charge in [-0.05, 0) is 49.8 Å². The van der Waals surface area contributed by atoms with Crippen molar-refractivity contribution in [3.05, 3.63) is 36.2 Å². The molecule has 0 aromatic carbocycles. The molecule has 2 aliphatic rings. The molecular weight excluding hydrogens is 473 g/mol. The minimum atomic E-state index is -4.63. The fourth-order valence-corrected chi connectivity index (χ4v) is 4.80. The summed E-state index contributed by atoms with van der Waals surface area (Å²) in [6.45, 7) is 1.30. The number of nitrogens with two attached hydrogens (primary N) is 1. The first-order valence-electron chi connectivity index (χ1n) is 11.9. The number of pyridine rings is 3. The SMILES string of the molecule is Nc1ncc(-c2ccc3ncc4nnn(C5CCN(C(=O)CC6CC6)CC5)c4c3n2)cc1C(F)(F)F. The summed E-state index contributed by atoms with van der Waals surface area (Å²) >= 11 is 0. The monoisotopic (exact) mass is 496 g/mol. The van der Waals surface area contributed by atoms with E-state index in [0.717, 1.165) is 31.7 Å². The third-order valence-electron chi connectivity index (χ3n) is 6.99. The first kappa shape index (κ1) is 22.6. The number of carbonyl (C=O) groups is 1. The van der Waals surface area contributed by atoms with Crippen LogP contribution in [0.3, 0.4) is 0 Å². The van der Waals surface area contributed by atoms with Crippen molar-refractivity contribution in [1.29, 1.82) is 0 Å². The minimum absolute atomic E-state index is 0.0195. The number of anilines is 1. The second-order valence-electron chi connectivity index (χ2n) is 9.50. The van der Waals surface area contributed by atoms with Gasteiger partial charge in [0, 0.05) is 31.3 Å². The quantitative estimate of drug-likeness (QED) is 0.454. The van der Waals surface area contributed by atoms with Gasteiger partial charge in [0.05, 0.1) is 29.0 Å². The molecule has 0 spiro atoms. The molecule has 6 rings (SSSR count). The average molecular weight is 496 g/mol. The molecule has 1 saturated heterocycles. The number of likely N-dealkylation sites (tertiary alicyclic amines) is 1. The molecule has 12 heteroatoms. The number of carbonyl (C=O) groups excluding carboxylic acids is 1. The Morgan fingerprint density at radius 3 is 2.56 bits per heavy atom. The van der Waals surface area contributed by atoms with Crippen molar-refractivity contribution < 1.29 is 18.0 Å². The Balaban J connectivity index is 1.35. The predicted octanol–water partition coefficient (Wildman–Crippen LogP) is 4.00. The number of nitrogens with zero attached hydrogens (tertiary/aromatic N) is 7. The van der Waals surface area contributed by atoms with Gasteiger partial charge in [0.1, 0.15) is 22.4 Å². The Labute approximate surface area is 203 Å². The number of fused-ring (bicyclic) bond motifs is 3. The molecule has 4 aromatic rings. The molecule has 0 unspecified atom stereocenters. The van der Waals surface area contributed by atoms with Gasteiger partial charge in [-0.25, -0.2) is 14.6 Å². The van der Waals surface area contributed by atoms with Gasteiger partial charge in [-0.2, -0.15) is 13.2 Å². The molecule has 1 amide bonds. The highest BCUT2D eigenvalue weighted by atomic mass is 19.4. The number of alkyl halides is 3. The molecular formula is C24H23F3N8O. The third kappa shape index (κ3) is 4.10. The maximum Gasteiger partial charge on any atom is 0.419 e. The van der Waals surface area contributed by atoms with Gasteiger partial charge >= 0.3 is 6.18 Å². The Kier molecular flexibility index (Phi) is 5.27. The van der Waals surface area contributed by atoms with E-state index in [2.05, 4.69) is 25.3 Å². The first-order valence-corrected chi connectivity index (χ1v) is 11.9. The van der Waals surface area contributed by atoms with Crippen molar-refractivity contribution in [3.8, 4) is 11.3 Å². The van der Waals surface area contributed by atoms with Crippen LogP contribution in [0.5, 0.6) is 0 Å².